The Kier molecular flexibility index (Phi) is 38.1. The third-order valence-electron chi connectivity index (χ3n) is 5.13. The summed E-state index contributed by atoms with van der Waals surface area (Å²) in [4.78, 5) is 31.1. The van der Waals surface area contributed by atoms with Crippen molar-refractivity contribution in [2.75, 3.05) is 17.3 Å². The number of carbonyl (C=O) groups is 3. The molecule has 10 heteroatoms. The van der Waals surface area contributed by atoms with E-state index in [9.17, 15) is 29.7 Å². The molecule has 0 N–H and O–H groups in total. The number of thiol groups is 3. The molecule has 0 heterocycles. The standard InChI is InChI=1S/3C8H16O2S.Sb/c3*1-2-3-4-5-7(6-11)8(9)10;/h3*7,11H,2-6H2,1H3,(H,9,10);/q;;;+3/p-3. The molecular formula is C24H45O6S3Sb. The molecule has 0 aromatic rings. The molecule has 0 aliphatic carbocycles. The molecule has 6 nitrogen and oxygen atoms in total. The fourth-order valence-corrected chi connectivity index (χ4v) is 3.77. The van der Waals surface area contributed by atoms with Gasteiger partial charge in [-0.05, 0) is 36.5 Å². The number of hydrogen-bond acceptors (Lipinski definition) is 9. The van der Waals surface area contributed by atoms with Gasteiger partial charge < -0.3 is 29.7 Å². The Morgan fingerprint density at radius 2 is 0.735 bits per heavy atom. The van der Waals surface area contributed by atoms with Crippen molar-refractivity contribution in [3.05, 3.63) is 0 Å². The molecule has 3 atom stereocenters. The molecule has 0 aromatic heterocycles. The van der Waals surface area contributed by atoms with E-state index >= 15 is 0 Å². The fraction of sp³-hybridized carbons (Fsp3) is 0.875. The molecule has 0 rings (SSSR count). The van der Waals surface area contributed by atoms with E-state index < -0.39 is 17.9 Å². The summed E-state index contributed by atoms with van der Waals surface area (Å²) in [6.07, 6.45) is 11.7. The van der Waals surface area contributed by atoms with Crippen LogP contribution < -0.4 is 15.3 Å². The monoisotopic (exact) mass is 646 g/mol. The van der Waals surface area contributed by atoms with Crippen LogP contribution in [0.3, 0.4) is 0 Å². The second-order valence-electron chi connectivity index (χ2n) is 8.08. The first-order chi connectivity index (χ1) is 15.7. The minimum atomic E-state index is -0.962. The Hall–Kier alpha value is 0.278. The molecule has 0 spiro atoms. The number of rotatable bonds is 18. The number of aliphatic carboxylic acids is 3. The van der Waals surface area contributed by atoms with Crippen LogP contribution in [-0.2, 0) is 14.4 Å². The average Bonchev–Trinajstić information content (AvgIpc) is 2.77. The summed E-state index contributed by atoms with van der Waals surface area (Å²) in [5, 5.41) is 31.1. The van der Waals surface area contributed by atoms with E-state index in [0.717, 1.165) is 57.8 Å². The van der Waals surface area contributed by atoms with Gasteiger partial charge in [-0.25, -0.2) is 0 Å². The van der Waals surface area contributed by atoms with E-state index in [-0.39, 0.29) is 42.2 Å². The van der Waals surface area contributed by atoms with Crippen LogP contribution in [0.4, 0.5) is 0 Å². The predicted molar refractivity (Wildman–Crippen MR) is 145 cm³/mol. The Bertz CT molecular complexity index is 417. The molecule has 0 bridgehead atoms. The molecule has 0 amide bonds. The summed E-state index contributed by atoms with van der Waals surface area (Å²) in [6.45, 7) is 6.28. The van der Waals surface area contributed by atoms with E-state index in [1.165, 1.54) is 0 Å². The maximum atomic E-state index is 10.4. The van der Waals surface area contributed by atoms with Crippen molar-refractivity contribution in [3.63, 3.8) is 0 Å². The van der Waals surface area contributed by atoms with Gasteiger partial charge in [0.2, 0.25) is 0 Å². The largest absolute Gasteiger partial charge is 3.00 e. The average molecular weight is 648 g/mol. The van der Waals surface area contributed by atoms with Gasteiger partial charge in [-0.15, -0.1) is 0 Å². The number of unbranched alkanes of at least 4 members (excludes halogenated alkanes) is 6. The van der Waals surface area contributed by atoms with Crippen LogP contribution in [0, 0.1) is 17.8 Å². The van der Waals surface area contributed by atoms with Crippen LogP contribution in [0.1, 0.15) is 97.8 Å². The quantitative estimate of drug-likeness (QED) is 0.119. The van der Waals surface area contributed by atoms with Crippen LogP contribution in [0.2, 0.25) is 0 Å². The molecule has 0 saturated carbocycles. The third-order valence-corrected chi connectivity index (χ3v) is 6.45. The van der Waals surface area contributed by atoms with Gasteiger partial charge in [0.1, 0.15) is 0 Å². The summed E-state index contributed by atoms with van der Waals surface area (Å²) < 4.78 is 0. The van der Waals surface area contributed by atoms with E-state index in [4.69, 9.17) is 0 Å². The van der Waals surface area contributed by atoms with E-state index in [0.29, 0.717) is 36.5 Å². The number of carboxylic acid groups (broad SMARTS) is 3. The van der Waals surface area contributed by atoms with Crippen molar-refractivity contribution in [1.82, 2.24) is 0 Å². The van der Waals surface area contributed by atoms with Crippen molar-refractivity contribution >= 4 is 80.2 Å². The first-order valence-corrected chi connectivity index (χ1v) is 14.0. The predicted octanol–water partition coefficient (Wildman–Crippen LogP) is 2.21. The van der Waals surface area contributed by atoms with Gasteiger partial charge in [0, 0.05) is 35.7 Å². The third kappa shape index (κ3) is 28.5. The van der Waals surface area contributed by atoms with Crippen LogP contribution in [0.25, 0.3) is 0 Å². The molecule has 0 fully saturated rings. The van der Waals surface area contributed by atoms with Crippen molar-refractivity contribution in [3.8, 4) is 0 Å². The van der Waals surface area contributed by atoms with Crippen molar-refractivity contribution in [1.29, 1.82) is 0 Å². The summed E-state index contributed by atoms with van der Waals surface area (Å²) in [5.41, 5.74) is 0. The molecule has 2 radical (unpaired) electrons. The first-order valence-electron chi connectivity index (χ1n) is 12.1. The number of carbonyl (C=O) groups excluding carboxylic acids is 3. The topological polar surface area (TPSA) is 120 Å². The SMILES string of the molecule is CCCCCC(CS)C(=O)[O-].CCCCCC(CS)C(=O)[O-].CCCCCC(CS)C(=O)[O-].[Sb+3]. The first kappa shape index (κ1) is 41.4. The summed E-state index contributed by atoms with van der Waals surface area (Å²) in [5.74, 6) is -2.77. The zero-order valence-electron chi connectivity index (χ0n) is 21.1. The molecule has 0 aromatic carbocycles. The summed E-state index contributed by atoms with van der Waals surface area (Å²) >= 11 is 11.8. The molecule has 200 valence electrons. The van der Waals surface area contributed by atoms with Gasteiger partial charge in [0.15, 0.2) is 0 Å². The smallest absolute Gasteiger partial charge is 0.550 e. The minimum absolute atomic E-state index is 0. The number of carboxylic acids is 3. The van der Waals surface area contributed by atoms with Gasteiger partial charge in [-0.3, -0.25) is 0 Å². The van der Waals surface area contributed by atoms with Crippen LogP contribution in [-0.4, -0.2) is 59.6 Å². The molecule has 34 heavy (non-hydrogen) atoms. The second kappa shape index (κ2) is 31.3. The Morgan fingerprint density at radius 1 is 0.529 bits per heavy atom. The van der Waals surface area contributed by atoms with Gasteiger partial charge in [-0.2, -0.15) is 37.9 Å². The van der Waals surface area contributed by atoms with E-state index in [2.05, 4.69) is 58.7 Å². The Morgan fingerprint density at radius 3 is 0.853 bits per heavy atom. The Balaban J connectivity index is -0.000000196. The normalized spacial score (nSPS) is 12.5. The van der Waals surface area contributed by atoms with Crippen molar-refractivity contribution < 1.29 is 29.7 Å². The molecule has 0 aliphatic heterocycles. The Labute approximate surface area is 241 Å². The second-order valence-corrected chi connectivity index (χ2v) is 9.18. The van der Waals surface area contributed by atoms with E-state index in [1.54, 1.807) is 0 Å². The van der Waals surface area contributed by atoms with Crippen LogP contribution in [0.5, 0.6) is 0 Å². The number of hydrogen-bond donors (Lipinski definition) is 3. The molecule has 0 saturated heterocycles. The van der Waals surface area contributed by atoms with Gasteiger partial charge >= 0.3 is 24.4 Å². The fourth-order valence-electron chi connectivity index (χ4n) is 2.77. The summed E-state index contributed by atoms with van der Waals surface area (Å²) in [6, 6.07) is 0. The molecule has 0 aliphatic rings. The van der Waals surface area contributed by atoms with Crippen molar-refractivity contribution in [2.24, 2.45) is 17.8 Å². The molecular weight excluding hydrogens is 602 g/mol. The minimum Gasteiger partial charge on any atom is -0.550 e. The van der Waals surface area contributed by atoms with Crippen molar-refractivity contribution in [2.45, 2.75) is 97.8 Å². The maximum Gasteiger partial charge on any atom is 3.00 e. The maximum absolute atomic E-state index is 10.4. The van der Waals surface area contributed by atoms with Gasteiger partial charge in [-0.1, -0.05) is 78.6 Å². The van der Waals surface area contributed by atoms with Gasteiger partial charge in [0.05, 0.1) is 0 Å². The molecule has 3 unspecified atom stereocenters. The van der Waals surface area contributed by atoms with E-state index in [1.807, 2.05) is 0 Å². The van der Waals surface area contributed by atoms with Crippen LogP contribution >= 0.6 is 37.9 Å². The zero-order chi connectivity index (χ0) is 26.1. The van der Waals surface area contributed by atoms with Gasteiger partial charge in [0.25, 0.3) is 0 Å². The zero-order valence-corrected chi connectivity index (χ0v) is 26.3. The summed E-state index contributed by atoms with van der Waals surface area (Å²) in [7, 11) is 0. The van der Waals surface area contributed by atoms with Crippen LogP contribution in [0.15, 0.2) is 0 Å².